The largest absolute Gasteiger partial charge is 0.373 e. The molecule has 1 amide bonds. The molecular weight excluding hydrogens is 282 g/mol. The quantitative estimate of drug-likeness (QED) is 0.800. The second kappa shape index (κ2) is 6.31. The average molecular weight is 303 g/mol. The van der Waals surface area contributed by atoms with Gasteiger partial charge in [0.2, 0.25) is 0 Å². The van der Waals surface area contributed by atoms with Crippen molar-refractivity contribution < 1.29 is 9.53 Å². The molecule has 0 bridgehead atoms. The molecule has 118 valence electrons. The molecule has 2 aromatic heterocycles. The van der Waals surface area contributed by atoms with Crippen molar-refractivity contribution in [3.63, 3.8) is 0 Å². The highest BCUT2D eigenvalue weighted by Crippen LogP contribution is 2.32. The first kappa shape index (κ1) is 14.8. The topological polar surface area (TPSA) is 95.7 Å². The van der Waals surface area contributed by atoms with E-state index in [0.29, 0.717) is 12.2 Å². The number of carbonyl (C=O) groups is 1. The molecular formula is C15H21N5O2. The summed E-state index contributed by atoms with van der Waals surface area (Å²) in [6.45, 7) is 5.12. The minimum atomic E-state index is -0.140. The Morgan fingerprint density at radius 3 is 3.05 bits per heavy atom. The number of amides is 1. The van der Waals surface area contributed by atoms with Crippen LogP contribution in [0, 0.1) is 19.8 Å². The van der Waals surface area contributed by atoms with Crippen LogP contribution in [0.25, 0.3) is 0 Å². The van der Waals surface area contributed by atoms with Gasteiger partial charge in [-0.05, 0) is 26.7 Å². The fourth-order valence-electron chi connectivity index (χ4n) is 2.85. The van der Waals surface area contributed by atoms with Crippen LogP contribution in [0.5, 0.6) is 0 Å². The van der Waals surface area contributed by atoms with Crippen LogP contribution in [-0.4, -0.2) is 39.5 Å². The fourth-order valence-corrected chi connectivity index (χ4v) is 2.85. The van der Waals surface area contributed by atoms with Crippen molar-refractivity contribution in [3.8, 4) is 0 Å². The van der Waals surface area contributed by atoms with Crippen molar-refractivity contribution in [2.75, 3.05) is 13.2 Å². The van der Waals surface area contributed by atoms with Gasteiger partial charge in [0.15, 0.2) is 5.69 Å². The first-order valence-electron chi connectivity index (χ1n) is 7.57. The summed E-state index contributed by atoms with van der Waals surface area (Å²) in [4.78, 5) is 12.3. The zero-order valence-corrected chi connectivity index (χ0v) is 12.8. The molecule has 7 nitrogen and oxygen atoms in total. The fraction of sp³-hybridized carbons (Fsp3) is 0.533. The number of hydrogen-bond donors (Lipinski definition) is 3. The van der Waals surface area contributed by atoms with E-state index in [9.17, 15) is 4.79 Å². The van der Waals surface area contributed by atoms with Gasteiger partial charge in [-0.25, -0.2) is 0 Å². The maximum Gasteiger partial charge on any atom is 0.272 e. The van der Waals surface area contributed by atoms with E-state index < -0.39 is 0 Å². The molecule has 0 radical (unpaired) electrons. The van der Waals surface area contributed by atoms with Crippen LogP contribution < -0.4 is 5.32 Å². The number of aryl methyl sites for hydroxylation is 1. The minimum Gasteiger partial charge on any atom is -0.373 e. The second-order valence-corrected chi connectivity index (χ2v) is 5.76. The predicted molar refractivity (Wildman–Crippen MR) is 80.4 cm³/mol. The zero-order chi connectivity index (χ0) is 15.5. The van der Waals surface area contributed by atoms with Crippen LogP contribution in [0.4, 0.5) is 0 Å². The summed E-state index contributed by atoms with van der Waals surface area (Å²) in [5.74, 6) is 0.106. The Morgan fingerprint density at radius 1 is 1.50 bits per heavy atom. The first-order valence-corrected chi connectivity index (χ1v) is 7.57. The van der Waals surface area contributed by atoms with Gasteiger partial charge in [-0.15, -0.1) is 0 Å². The Kier molecular flexibility index (Phi) is 4.24. The van der Waals surface area contributed by atoms with E-state index in [0.717, 1.165) is 36.3 Å². The molecule has 3 heterocycles. The van der Waals surface area contributed by atoms with Crippen molar-refractivity contribution in [1.82, 2.24) is 25.7 Å². The highest BCUT2D eigenvalue weighted by atomic mass is 16.5. The van der Waals surface area contributed by atoms with Gasteiger partial charge in [0, 0.05) is 42.1 Å². The van der Waals surface area contributed by atoms with Crippen molar-refractivity contribution in [1.29, 1.82) is 0 Å². The van der Waals surface area contributed by atoms with Crippen molar-refractivity contribution >= 4 is 5.91 Å². The van der Waals surface area contributed by atoms with Crippen molar-refractivity contribution in [2.24, 2.45) is 5.92 Å². The van der Waals surface area contributed by atoms with E-state index in [1.54, 1.807) is 6.20 Å². The molecule has 2 aromatic rings. The van der Waals surface area contributed by atoms with Crippen LogP contribution in [0.15, 0.2) is 12.4 Å². The van der Waals surface area contributed by atoms with Crippen LogP contribution in [0.2, 0.25) is 0 Å². The van der Waals surface area contributed by atoms with Crippen LogP contribution >= 0.6 is 0 Å². The Labute approximate surface area is 128 Å². The summed E-state index contributed by atoms with van der Waals surface area (Å²) < 4.78 is 5.87. The SMILES string of the molecule is Cc1[nH]nc(C(=O)NC[C@@H]2CCCO[C@H]2c2cn[nH]c2)c1C. The van der Waals surface area contributed by atoms with Crippen molar-refractivity contribution in [2.45, 2.75) is 32.8 Å². The second-order valence-electron chi connectivity index (χ2n) is 5.76. The summed E-state index contributed by atoms with van der Waals surface area (Å²) >= 11 is 0. The molecule has 3 rings (SSSR count). The standard InChI is InChI=1S/C15H21N5O2/c1-9-10(2)19-20-13(9)15(21)16-6-11-4-3-5-22-14(11)12-7-17-18-8-12/h7-8,11,14H,3-6H2,1-2H3,(H,16,21)(H,17,18)(H,19,20)/t11-,14+/m0/s1. The Hall–Kier alpha value is -2.15. The van der Waals surface area contributed by atoms with E-state index >= 15 is 0 Å². The predicted octanol–water partition coefficient (Wildman–Crippen LogP) is 1.65. The summed E-state index contributed by atoms with van der Waals surface area (Å²) in [5, 5.41) is 16.7. The molecule has 1 aliphatic rings. The third-order valence-corrected chi connectivity index (χ3v) is 4.29. The van der Waals surface area contributed by atoms with E-state index in [4.69, 9.17) is 4.74 Å². The zero-order valence-electron chi connectivity index (χ0n) is 12.8. The lowest BCUT2D eigenvalue weighted by atomic mass is 9.91. The number of aromatic nitrogens is 4. The van der Waals surface area contributed by atoms with Crippen molar-refractivity contribution in [3.05, 3.63) is 34.9 Å². The third-order valence-electron chi connectivity index (χ3n) is 4.29. The highest BCUT2D eigenvalue weighted by Gasteiger charge is 2.29. The number of ether oxygens (including phenoxy) is 1. The molecule has 22 heavy (non-hydrogen) atoms. The molecule has 7 heteroatoms. The maximum atomic E-state index is 12.3. The van der Waals surface area contributed by atoms with E-state index in [1.165, 1.54) is 0 Å². The number of aromatic amines is 2. The lowest BCUT2D eigenvalue weighted by molar-refractivity contribution is -0.0272. The first-order chi connectivity index (χ1) is 10.7. The van der Waals surface area contributed by atoms with Gasteiger partial charge in [0.05, 0.1) is 12.3 Å². The molecule has 0 saturated carbocycles. The van der Waals surface area contributed by atoms with Gasteiger partial charge in [0.1, 0.15) is 0 Å². The van der Waals surface area contributed by atoms with Gasteiger partial charge < -0.3 is 10.1 Å². The number of nitrogens with zero attached hydrogens (tertiary/aromatic N) is 2. The molecule has 2 atom stereocenters. The average Bonchev–Trinajstić information content (AvgIpc) is 3.17. The van der Waals surface area contributed by atoms with E-state index in [-0.39, 0.29) is 17.9 Å². The van der Waals surface area contributed by atoms with Gasteiger partial charge >= 0.3 is 0 Å². The number of nitrogens with one attached hydrogen (secondary N) is 3. The molecule has 1 aliphatic heterocycles. The molecule has 0 aliphatic carbocycles. The Morgan fingerprint density at radius 2 is 2.36 bits per heavy atom. The minimum absolute atomic E-state index is 0.0187. The molecule has 0 unspecified atom stereocenters. The van der Waals surface area contributed by atoms with Crippen LogP contribution in [0.3, 0.4) is 0 Å². The number of carbonyl (C=O) groups excluding carboxylic acids is 1. The third kappa shape index (κ3) is 2.89. The lowest BCUT2D eigenvalue weighted by Gasteiger charge is -2.31. The van der Waals surface area contributed by atoms with Gasteiger partial charge in [-0.1, -0.05) is 0 Å². The molecule has 0 spiro atoms. The van der Waals surface area contributed by atoms with E-state index in [1.807, 2.05) is 20.0 Å². The monoisotopic (exact) mass is 303 g/mol. The summed E-state index contributed by atoms with van der Waals surface area (Å²) in [7, 11) is 0. The lowest BCUT2D eigenvalue weighted by Crippen LogP contribution is -2.35. The highest BCUT2D eigenvalue weighted by molar-refractivity contribution is 5.93. The molecule has 1 saturated heterocycles. The van der Waals surface area contributed by atoms with Gasteiger partial charge in [0.25, 0.3) is 5.91 Å². The maximum absolute atomic E-state index is 12.3. The summed E-state index contributed by atoms with van der Waals surface area (Å²) in [6, 6.07) is 0. The van der Waals surface area contributed by atoms with Crippen LogP contribution in [0.1, 0.15) is 46.3 Å². The summed E-state index contributed by atoms with van der Waals surface area (Å²) in [5.41, 5.74) is 3.31. The van der Waals surface area contributed by atoms with Gasteiger partial charge in [-0.2, -0.15) is 10.2 Å². The summed E-state index contributed by atoms with van der Waals surface area (Å²) in [6.07, 6.45) is 5.65. The Bertz CT molecular complexity index is 634. The number of H-pyrrole nitrogens is 2. The molecule has 1 fully saturated rings. The smallest absolute Gasteiger partial charge is 0.272 e. The molecule has 3 N–H and O–H groups in total. The Balaban J connectivity index is 1.64. The van der Waals surface area contributed by atoms with Crippen LogP contribution in [-0.2, 0) is 4.74 Å². The number of rotatable bonds is 4. The van der Waals surface area contributed by atoms with Gasteiger partial charge in [-0.3, -0.25) is 15.0 Å². The number of hydrogen-bond acceptors (Lipinski definition) is 4. The van der Waals surface area contributed by atoms with E-state index in [2.05, 4.69) is 25.7 Å². The molecule has 0 aromatic carbocycles. The normalized spacial score (nSPS) is 21.7.